The zero-order valence-corrected chi connectivity index (χ0v) is 9.78. The lowest BCUT2D eigenvalue weighted by molar-refractivity contribution is 0.151. The van der Waals surface area contributed by atoms with Gasteiger partial charge in [-0.3, -0.25) is 0 Å². The van der Waals surface area contributed by atoms with Crippen molar-refractivity contribution in [3.8, 4) is 0 Å². The van der Waals surface area contributed by atoms with Crippen LogP contribution in [0, 0.1) is 5.82 Å². The smallest absolute Gasteiger partial charge is 0.255 e. The van der Waals surface area contributed by atoms with E-state index in [4.69, 9.17) is 16.1 Å². The van der Waals surface area contributed by atoms with E-state index in [2.05, 4.69) is 10.1 Å². The summed E-state index contributed by atoms with van der Waals surface area (Å²) < 4.78 is 17.7. The van der Waals surface area contributed by atoms with Crippen LogP contribution < -0.4 is 0 Å². The van der Waals surface area contributed by atoms with E-state index in [0.717, 1.165) is 0 Å². The fourth-order valence-corrected chi connectivity index (χ4v) is 1.58. The third kappa shape index (κ3) is 2.81. The molecule has 2 aromatic rings. The highest BCUT2D eigenvalue weighted by Gasteiger charge is 2.12. The molecular weight excluding hydrogens is 247 g/mol. The van der Waals surface area contributed by atoms with E-state index in [9.17, 15) is 9.50 Å². The lowest BCUT2D eigenvalue weighted by atomic mass is 10.1. The zero-order valence-electron chi connectivity index (χ0n) is 9.02. The van der Waals surface area contributed by atoms with Crippen LogP contribution in [0.3, 0.4) is 0 Å². The highest BCUT2D eigenvalue weighted by molar-refractivity contribution is 6.31. The molecular formula is C11H10ClFN2O2. The molecule has 0 bridgehead atoms. The van der Waals surface area contributed by atoms with E-state index < -0.39 is 11.9 Å². The third-order valence-electron chi connectivity index (χ3n) is 2.20. The molecule has 0 saturated heterocycles. The Morgan fingerprint density at radius 1 is 1.53 bits per heavy atom. The second-order valence-electron chi connectivity index (χ2n) is 3.64. The minimum Gasteiger partial charge on any atom is -0.384 e. The van der Waals surface area contributed by atoms with Gasteiger partial charge in [0.05, 0.1) is 0 Å². The zero-order chi connectivity index (χ0) is 12.4. The summed E-state index contributed by atoms with van der Waals surface area (Å²) in [7, 11) is 0. The lowest BCUT2D eigenvalue weighted by Gasteiger charge is -2.00. The Morgan fingerprint density at radius 3 is 2.88 bits per heavy atom. The van der Waals surface area contributed by atoms with Crippen molar-refractivity contribution in [2.24, 2.45) is 0 Å². The molecule has 0 aliphatic carbocycles. The molecule has 0 saturated carbocycles. The first-order valence-electron chi connectivity index (χ1n) is 5.00. The van der Waals surface area contributed by atoms with Gasteiger partial charge in [0, 0.05) is 11.4 Å². The number of aliphatic hydroxyl groups excluding tert-OH is 1. The predicted molar refractivity (Wildman–Crippen MR) is 59.1 cm³/mol. The van der Waals surface area contributed by atoms with Crippen LogP contribution in [-0.4, -0.2) is 15.2 Å². The molecule has 0 radical (unpaired) electrons. The van der Waals surface area contributed by atoms with Crippen LogP contribution in [0.2, 0.25) is 5.02 Å². The van der Waals surface area contributed by atoms with Crippen LogP contribution in [0.25, 0.3) is 0 Å². The van der Waals surface area contributed by atoms with Crippen molar-refractivity contribution in [1.82, 2.24) is 10.1 Å². The fourth-order valence-electron chi connectivity index (χ4n) is 1.34. The van der Waals surface area contributed by atoms with E-state index in [1.165, 1.54) is 19.1 Å². The third-order valence-corrected chi connectivity index (χ3v) is 2.56. The molecule has 0 amide bonds. The van der Waals surface area contributed by atoms with Crippen molar-refractivity contribution in [2.45, 2.75) is 19.4 Å². The summed E-state index contributed by atoms with van der Waals surface area (Å²) in [5.74, 6) is 0.157. The molecule has 1 heterocycles. The molecule has 1 N–H and O–H groups in total. The predicted octanol–water partition coefficient (Wildman–Crippen LogP) is 2.51. The van der Waals surface area contributed by atoms with E-state index in [0.29, 0.717) is 22.8 Å². The Hall–Kier alpha value is -1.46. The van der Waals surface area contributed by atoms with Gasteiger partial charge in [0.25, 0.3) is 5.89 Å². The van der Waals surface area contributed by atoms with Crippen LogP contribution in [0.15, 0.2) is 22.7 Å². The number of halogens is 2. The summed E-state index contributed by atoms with van der Waals surface area (Å²) >= 11 is 5.87. The van der Waals surface area contributed by atoms with Gasteiger partial charge in [0.15, 0.2) is 5.82 Å². The Kier molecular flexibility index (Phi) is 3.40. The van der Waals surface area contributed by atoms with Crippen molar-refractivity contribution in [1.29, 1.82) is 0 Å². The average molecular weight is 257 g/mol. The Bertz CT molecular complexity index is 528. The molecule has 1 aromatic carbocycles. The van der Waals surface area contributed by atoms with Crippen molar-refractivity contribution in [3.05, 3.63) is 46.3 Å². The van der Waals surface area contributed by atoms with E-state index in [1.54, 1.807) is 6.07 Å². The van der Waals surface area contributed by atoms with Crippen LogP contribution in [0.1, 0.15) is 30.3 Å². The molecule has 90 valence electrons. The second kappa shape index (κ2) is 4.81. The Balaban J connectivity index is 2.19. The number of hydrogen-bond acceptors (Lipinski definition) is 4. The SMILES string of the molecule is C[C@H](O)c1nc(Cc2ccc(F)cc2Cl)no1. The molecule has 6 heteroatoms. The van der Waals surface area contributed by atoms with Crippen molar-refractivity contribution < 1.29 is 14.0 Å². The highest BCUT2D eigenvalue weighted by Crippen LogP contribution is 2.20. The summed E-state index contributed by atoms with van der Waals surface area (Å²) in [5, 5.41) is 13.2. The van der Waals surface area contributed by atoms with E-state index in [1.807, 2.05) is 0 Å². The minimum absolute atomic E-state index is 0.151. The molecule has 17 heavy (non-hydrogen) atoms. The maximum absolute atomic E-state index is 12.8. The summed E-state index contributed by atoms with van der Waals surface area (Å²) in [6, 6.07) is 4.11. The molecule has 0 fully saturated rings. The normalized spacial score (nSPS) is 12.7. The van der Waals surface area contributed by atoms with Gasteiger partial charge >= 0.3 is 0 Å². The number of aromatic nitrogens is 2. The molecule has 4 nitrogen and oxygen atoms in total. The molecule has 1 atom stereocenters. The van der Waals surface area contributed by atoms with Gasteiger partial charge in [-0.25, -0.2) is 4.39 Å². The van der Waals surface area contributed by atoms with E-state index >= 15 is 0 Å². The number of hydrogen-bond donors (Lipinski definition) is 1. The van der Waals surface area contributed by atoms with Gasteiger partial charge in [-0.05, 0) is 24.6 Å². The van der Waals surface area contributed by atoms with Crippen LogP contribution >= 0.6 is 11.6 Å². The number of aliphatic hydroxyl groups is 1. The Morgan fingerprint density at radius 2 is 2.29 bits per heavy atom. The maximum Gasteiger partial charge on any atom is 0.255 e. The maximum atomic E-state index is 12.8. The van der Waals surface area contributed by atoms with E-state index in [-0.39, 0.29) is 5.89 Å². The molecule has 0 spiro atoms. The number of benzene rings is 1. The van der Waals surface area contributed by atoms with Crippen LogP contribution in [0.4, 0.5) is 4.39 Å². The summed E-state index contributed by atoms with van der Waals surface area (Å²) in [6.45, 7) is 1.53. The van der Waals surface area contributed by atoms with Gasteiger partial charge < -0.3 is 9.63 Å². The fraction of sp³-hybridized carbons (Fsp3) is 0.273. The first-order valence-corrected chi connectivity index (χ1v) is 5.38. The standard InChI is InChI=1S/C11H10ClFN2O2/c1-6(16)11-14-10(15-17-11)4-7-2-3-8(13)5-9(7)12/h2-3,5-6,16H,4H2,1H3/t6-/m0/s1. The summed E-state index contributed by atoms with van der Waals surface area (Å²) in [4.78, 5) is 3.99. The topological polar surface area (TPSA) is 59.2 Å². The largest absolute Gasteiger partial charge is 0.384 e. The molecule has 0 unspecified atom stereocenters. The van der Waals surface area contributed by atoms with Gasteiger partial charge in [-0.1, -0.05) is 22.8 Å². The van der Waals surface area contributed by atoms with Gasteiger partial charge in [-0.15, -0.1) is 0 Å². The van der Waals surface area contributed by atoms with Gasteiger partial charge in [-0.2, -0.15) is 4.98 Å². The molecule has 1 aromatic heterocycles. The van der Waals surface area contributed by atoms with Crippen LogP contribution in [-0.2, 0) is 6.42 Å². The van der Waals surface area contributed by atoms with Crippen molar-refractivity contribution in [2.75, 3.05) is 0 Å². The van der Waals surface area contributed by atoms with Crippen molar-refractivity contribution >= 4 is 11.6 Å². The first-order chi connectivity index (χ1) is 8.06. The minimum atomic E-state index is -0.806. The number of rotatable bonds is 3. The Labute approximate surface area is 102 Å². The monoisotopic (exact) mass is 256 g/mol. The second-order valence-corrected chi connectivity index (χ2v) is 4.04. The number of nitrogens with zero attached hydrogens (tertiary/aromatic N) is 2. The lowest BCUT2D eigenvalue weighted by Crippen LogP contribution is -1.95. The first kappa shape index (κ1) is 12.0. The summed E-state index contributed by atoms with van der Waals surface area (Å²) in [5.41, 5.74) is 0.700. The average Bonchev–Trinajstić information content (AvgIpc) is 2.71. The molecule has 0 aliphatic rings. The summed E-state index contributed by atoms with van der Waals surface area (Å²) in [6.07, 6.45) is -0.477. The molecule has 2 rings (SSSR count). The highest BCUT2D eigenvalue weighted by atomic mass is 35.5. The van der Waals surface area contributed by atoms with Gasteiger partial charge in [0.1, 0.15) is 11.9 Å². The quantitative estimate of drug-likeness (QED) is 0.917. The molecule has 0 aliphatic heterocycles. The van der Waals surface area contributed by atoms with Gasteiger partial charge in [0.2, 0.25) is 0 Å². The van der Waals surface area contributed by atoms with Crippen molar-refractivity contribution in [3.63, 3.8) is 0 Å². The van der Waals surface area contributed by atoms with Crippen LogP contribution in [0.5, 0.6) is 0 Å².